The SMILES string of the molecule is CCCn1c(Cc2cc(F)ccn2)nc2ccccc21. The molecular weight excluding hydrogens is 253 g/mol. The van der Waals surface area contributed by atoms with Gasteiger partial charge in [0.25, 0.3) is 0 Å². The van der Waals surface area contributed by atoms with E-state index in [0.717, 1.165) is 29.8 Å². The number of rotatable bonds is 4. The molecule has 0 saturated heterocycles. The van der Waals surface area contributed by atoms with Gasteiger partial charge in [-0.3, -0.25) is 4.98 Å². The summed E-state index contributed by atoms with van der Waals surface area (Å²) >= 11 is 0. The zero-order valence-corrected chi connectivity index (χ0v) is 11.4. The number of fused-ring (bicyclic) bond motifs is 1. The van der Waals surface area contributed by atoms with Crippen molar-refractivity contribution in [3.05, 3.63) is 59.9 Å². The molecule has 3 rings (SSSR count). The Morgan fingerprint density at radius 2 is 2.05 bits per heavy atom. The van der Waals surface area contributed by atoms with Gasteiger partial charge in [0.05, 0.1) is 16.7 Å². The molecule has 0 spiro atoms. The van der Waals surface area contributed by atoms with Crippen LogP contribution in [0.25, 0.3) is 11.0 Å². The van der Waals surface area contributed by atoms with Crippen molar-refractivity contribution in [3.63, 3.8) is 0 Å². The molecule has 0 aliphatic rings. The third-order valence-electron chi connectivity index (χ3n) is 3.30. The molecule has 0 unspecified atom stereocenters. The smallest absolute Gasteiger partial charge is 0.126 e. The minimum Gasteiger partial charge on any atom is -0.328 e. The van der Waals surface area contributed by atoms with Crippen LogP contribution < -0.4 is 0 Å². The van der Waals surface area contributed by atoms with Crippen LogP contribution in [0, 0.1) is 5.82 Å². The molecule has 0 atom stereocenters. The van der Waals surface area contributed by atoms with Crippen LogP contribution in [0.4, 0.5) is 4.39 Å². The van der Waals surface area contributed by atoms with E-state index in [1.54, 1.807) is 0 Å². The Kier molecular flexibility index (Phi) is 3.46. The van der Waals surface area contributed by atoms with E-state index in [0.29, 0.717) is 12.1 Å². The molecular formula is C16H16FN3. The topological polar surface area (TPSA) is 30.7 Å². The maximum absolute atomic E-state index is 13.3. The van der Waals surface area contributed by atoms with Crippen LogP contribution in [0.15, 0.2) is 42.6 Å². The number of aryl methyl sites for hydroxylation is 1. The summed E-state index contributed by atoms with van der Waals surface area (Å²) in [6, 6.07) is 10.9. The fourth-order valence-corrected chi connectivity index (χ4v) is 2.44. The van der Waals surface area contributed by atoms with Crippen molar-refractivity contribution >= 4 is 11.0 Å². The predicted molar refractivity (Wildman–Crippen MR) is 77.0 cm³/mol. The maximum Gasteiger partial charge on any atom is 0.126 e. The lowest BCUT2D eigenvalue weighted by Crippen LogP contribution is -2.05. The summed E-state index contributed by atoms with van der Waals surface area (Å²) in [4.78, 5) is 8.87. The molecule has 3 nitrogen and oxygen atoms in total. The molecule has 0 aliphatic heterocycles. The van der Waals surface area contributed by atoms with Gasteiger partial charge < -0.3 is 4.57 Å². The third-order valence-corrected chi connectivity index (χ3v) is 3.30. The normalized spacial score (nSPS) is 11.1. The van der Waals surface area contributed by atoms with Gasteiger partial charge in [-0.2, -0.15) is 0 Å². The third kappa shape index (κ3) is 2.41. The minimum absolute atomic E-state index is 0.256. The van der Waals surface area contributed by atoms with Gasteiger partial charge in [0, 0.05) is 19.2 Å². The van der Waals surface area contributed by atoms with Crippen LogP contribution in [0.5, 0.6) is 0 Å². The first-order valence-corrected chi connectivity index (χ1v) is 6.82. The average Bonchev–Trinajstić information content (AvgIpc) is 2.77. The summed E-state index contributed by atoms with van der Waals surface area (Å²) in [5.41, 5.74) is 2.81. The monoisotopic (exact) mass is 269 g/mol. The van der Waals surface area contributed by atoms with E-state index in [-0.39, 0.29) is 5.82 Å². The lowest BCUT2D eigenvalue weighted by molar-refractivity contribution is 0.620. The number of aromatic nitrogens is 3. The van der Waals surface area contributed by atoms with Crippen molar-refractivity contribution in [2.45, 2.75) is 26.3 Å². The van der Waals surface area contributed by atoms with Crippen LogP contribution in [0.3, 0.4) is 0 Å². The van der Waals surface area contributed by atoms with Gasteiger partial charge in [0.2, 0.25) is 0 Å². The van der Waals surface area contributed by atoms with Crippen LogP contribution in [-0.2, 0) is 13.0 Å². The zero-order chi connectivity index (χ0) is 13.9. The summed E-state index contributed by atoms with van der Waals surface area (Å²) in [6.07, 6.45) is 3.08. The summed E-state index contributed by atoms with van der Waals surface area (Å²) in [7, 11) is 0. The van der Waals surface area contributed by atoms with E-state index >= 15 is 0 Å². The molecule has 0 saturated carbocycles. The first kappa shape index (κ1) is 12.8. The number of hydrogen-bond acceptors (Lipinski definition) is 2. The second-order valence-electron chi connectivity index (χ2n) is 4.81. The summed E-state index contributed by atoms with van der Waals surface area (Å²) in [6.45, 7) is 3.05. The lowest BCUT2D eigenvalue weighted by atomic mass is 10.2. The van der Waals surface area contributed by atoms with E-state index in [1.807, 2.05) is 18.2 Å². The molecule has 2 aromatic heterocycles. The van der Waals surface area contributed by atoms with Crippen molar-refractivity contribution in [2.75, 3.05) is 0 Å². The standard InChI is InChI=1S/C16H16FN3/c1-2-9-20-15-6-4-3-5-14(15)19-16(20)11-13-10-12(17)7-8-18-13/h3-8,10H,2,9,11H2,1H3. The Hall–Kier alpha value is -2.23. The Morgan fingerprint density at radius 3 is 2.85 bits per heavy atom. The van der Waals surface area contributed by atoms with Gasteiger partial charge in [0.1, 0.15) is 11.6 Å². The predicted octanol–water partition coefficient (Wildman–Crippen LogP) is 3.57. The van der Waals surface area contributed by atoms with Crippen molar-refractivity contribution in [1.82, 2.24) is 14.5 Å². The highest BCUT2D eigenvalue weighted by Gasteiger charge is 2.11. The highest BCUT2D eigenvalue weighted by molar-refractivity contribution is 5.75. The number of benzene rings is 1. The second-order valence-corrected chi connectivity index (χ2v) is 4.81. The van der Waals surface area contributed by atoms with Crippen molar-refractivity contribution in [3.8, 4) is 0 Å². The second kappa shape index (κ2) is 5.41. The zero-order valence-electron chi connectivity index (χ0n) is 11.4. The maximum atomic E-state index is 13.3. The van der Waals surface area contributed by atoms with Crippen LogP contribution in [0.1, 0.15) is 24.9 Å². The number of nitrogens with zero attached hydrogens (tertiary/aromatic N) is 3. The van der Waals surface area contributed by atoms with Gasteiger partial charge >= 0.3 is 0 Å². The number of imidazole rings is 1. The van der Waals surface area contributed by atoms with Crippen LogP contribution >= 0.6 is 0 Å². The Labute approximate surface area is 117 Å². The van der Waals surface area contributed by atoms with Gasteiger partial charge in [-0.05, 0) is 30.7 Å². The molecule has 4 heteroatoms. The molecule has 0 radical (unpaired) electrons. The van der Waals surface area contributed by atoms with E-state index in [4.69, 9.17) is 0 Å². The average molecular weight is 269 g/mol. The first-order chi connectivity index (χ1) is 9.78. The molecule has 102 valence electrons. The molecule has 3 aromatic rings. The van der Waals surface area contributed by atoms with Gasteiger partial charge in [0.15, 0.2) is 0 Å². The molecule has 20 heavy (non-hydrogen) atoms. The quantitative estimate of drug-likeness (QED) is 0.725. The first-order valence-electron chi connectivity index (χ1n) is 6.82. The van der Waals surface area contributed by atoms with Crippen molar-refractivity contribution < 1.29 is 4.39 Å². The minimum atomic E-state index is -0.256. The summed E-state index contributed by atoms with van der Waals surface area (Å²) < 4.78 is 15.5. The van der Waals surface area contributed by atoms with E-state index in [9.17, 15) is 4.39 Å². The molecule has 2 heterocycles. The van der Waals surface area contributed by atoms with Crippen molar-refractivity contribution in [1.29, 1.82) is 0 Å². The number of hydrogen-bond donors (Lipinski definition) is 0. The van der Waals surface area contributed by atoms with E-state index in [2.05, 4.69) is 27.5 Å². The molecule has 1 aromatic carbocycles. The highest BCUT2D eigenvalue weighted by atomic mass is 19.1. The summed E-state index contributed by atoms with van der Waals surface area (Å²) in [5.74, 6) is 0.680. The van der Waals surface area contributed by atoms with Crippen LogP contribution in [0.2, 0.25) is 0 Å². The van der Waals surface area contributed by atoms with E-state index in [1.165, 1.54) is 18.3 Å². The Balaban J connectivity index is 2.04. The number of para-hydroxylation sites is 2. The molecule has 0 N–H and O–H groups in total. The summed E-state index contributed by atoms with van der Waals surface area (Å²) in [5, 5.41) is 0. The fourth-order valence-electron chi connectivity index (χ4n) is 2.44. The highest BCUT2D eigenvalue weighted by Crippen LogP contribution is 2.18. The molecule has 0 amide bonds. The Morgan fingerprint density at radius 1 is 1.20 bits per heavy atom. The van der Waals surface area contributed by atoms with Gasteiger partial charge in [-0.15, -0.1) is 0 Å². The Bertz CT molecular complexity index is 733. The molecule has 0 fully saturated rings. The van der Waals surface area contributed by atoms with Crippen LogP contribution in [-0.4, -0.2) is 14.5 Å². The largest absolute Gasteiger partial charge is 0.328 e. The molecule has 0 bridgehead atoms. The number of pyridine rings is 1. The van der Waals surface area contributed by atoms with Gasteiger partial charge in [-0.1, -0.05) is 19.1 Å². The lowest BCUT2D eigenvalue weighted by Gasteiger charge is -2.07. The number of halogens is 1. The molecule has 0 aliphatic carbocycles. The fraction of sp³-hybridized carbons (Fsp3) is 0.250. The van der Waals surface area contributed by atoms with E-state index < -0.39 is 0 Å². The van der Waals surface area contributed by atoms with Gasteiger partial charge in [-0.25, -0.2) is 9.37 Å². The van der Waals surface area contributed by atoms with Crippen molar-refractivity contribution in [2.24, 2.45) is 0 Å².